The third-order valence-corrected chi connectivity index (χ3v) is 2.64. The summed E-state index contributed by atoms with van der Waals surface area (Å²) in [7, 11) is 1.43. The van der Waals surface area contributed by atoms with Gasteiger partial charge in [0.2, 0.25) is 0 Å². The number of carbonyl (C=O) groups excluding carboxylic acids is 1. The standard InChI is InChI=1S/C11H13BrN2O3/c1-7-5-8(12)3-4-9(7)13-11(17)14(2)6-10(15)16/h3-5H,6H2,1-2H3,(H,13,17)(H,15,16). The van der Waals surface area contributed by atoms with Gasteiger partial charge in [-0.1, -0.05) is 15.9 Å². The Morgan fingerprint density at radius 2 is 2.12 bits per heavy atom. The van der Waals surface area contributed by atoms with E-state index in [1.165, 1.54) is 7.05 Å². The molecule has 92 valence electrons. The van der Waals surface area contributed by atoms with E-state index >= 15 is 0 Å². The minimum atomic E-state index is -1.05. The number of rotatable bonds is 3. The number of halogens is 1. The molecule has 0 atom stereocenters. The van der Waals surface area contributed by atoms with Crippen LogP contribution in [0, 0.1) is 6.92 Å². The molecule has 0 unspecified atom stereocenters. The maximum Gasteiger partial charge on any atom is 0.323 e. The molecule has 6 heteroatoms. The lowest BCUT2D eigenvalue weighted by molar-refractivity contribution is -0.137. The van der Waals surface area contributed by atoms with Crippen molar-refractivity contribution in [2.24, 2.45) is 0 Å². The van der Waals surface area contributed by atoms with Crippen LogP contribution in [-0.4, -0.2) is 35.6 Å². The van der Waals surface area contributed by atoms with Gasteiger partial charge in [-0.3, -0.25) is 4.79 Å². The Labute approximate surface area is 108 Å². The fourth-order valence-corrected chi connectivity index (χ4v) is 1.73. The molecule has 1 rings (SSSR count). The first-order valence-electron chi connectivity index (χ1n) is 4.90. The Bertz CT molecular complexity index is 448. The van der Waals surface area contributed by atoms with Crippen molar-refractivity contribution in [2.75, 3.05) is 18.9 Å². The number of nitrogens with one attached hydrogen (secondary N) is 1. The second-order valence-electron chi connectivity index (χ2n) is 3.64. The van der Waals surface area contributed by atoms with Crippen molar-refractivity contribution in [3.05, 3.63) is 28.2 Å². The van der Waals surface area contributed by atoms with Gasteiger partial charge in [0.05, 0.1) is 0 Å². The van der Waals surface area contributed by atoms with Crippen LogP contribution >= 0.6 is 15.9 Å². The van der Waals surface area contributed by atoms with Crippen LogP contribution in [0.4, 0.5) is 10.5 Å². The third-order valence-electron chi connectivity index (χ3n) is 2.15. The monoisotopic (exact) mass is 300 g/mol. The highest BCUT2D eigenvalue weighted by Gasteiger charge is 2.12. The third kappa shape index (κ3) is 4.07. The van der Waals surface area contributed by atoms with Crippen LogP contribution in [0.25, 0.3) is 0 Å². The van der Waals surface area contributed by atoms with Gasteiger partial charge in [0.1, 0.15) is 6.54 Å². The Morgan fingerprint density at radius 1 is 1.47 bits per heavy atom. The number of likely N-dealkylation sites (N-methyl/N-ethyl adjacent to an activating group) is 1. The number of carboxylic acid groups (broad SMARTS) is 1. The predicted octanol–water partition coefficient (Wildman–Crippen LogP) is 2.31. The van der Waals surface area contributed by atoms with Crippen LogP contribution in [0.2, 0.25) is 0 Å². The minimum Gasteiger partial charge on any atom is -0.480 e. The minimum absolute atomic E-state index is 0.332. The van der Waals surface area contributed by atoms with Gasteiger partial charge in [-0.15, -0.1) is 0 Å². The summed E-state index contributed by atoms with van der Waals surface area (Å²) in [4.78, 5) is 23.2. The molecule has 17 heavy (non-hydrogen) atoms. The Hall–Kier alpha value is -1.56. The molecule has 0 aliphatic heterocycles. The molecular weight excluding hydrogens is 288 g/mol. The number of anilines is 1. The number of hydrogen-bond donors (Lipinski definition) is 2. The number of carboxylic acids is 1. The summed E-state index contributed by atoms with van der Waals surface area (Å²) < 4.78 is 0.923. The molecule has 5 nitrogen and oxygen atoms in total. The zero-order valence-corrected chi connectivity index (χ0v) is 11.1. The molecule has 0 aliphatic carbocycles. The first-order chi connectivity index (χ1) is 7.90. The largest absolute Gasteiger partial charge is 0.480 e. The predicted molar refractivity (Wildman–Crippen MR) is 68.2 cm³/mol. The number of amides is 2. The van der Waals surface area contributed by atoms with Gasteiger partial charge in [0.25, 0.3) is 0 Å². The van der Waals surface area contributed by atoms with E-state index in [0.29, 0.717) is 5.69 Å². The van der Waals surface area contributed by atoms with Gasteiger partial charge in [-0.05, 0) is 30.7 Å². The first kappa shape index (κ1) is 13.5. The van der Waals surface area contributed by atoms with Gasteiger partial charge in [-0.2, -0.15) is 0 Å². The lowest BCUT2D eigenvalue weighted by Crippen LogP contribution is -2.35. The summed E-state index contributed by atoms with van der Waals surface area (Å²) in [6.45, 7) is 1.53. The quantitative estimate of drug-likeness (QED) is 0.900. The molecule has 0 aliphatic rings. The maximum atomic E-state index is 11.6. The molecule has 0 bridgehead atoms. The van der Waals surface area contributed by atoms with E-state index in [4.69, 9.17) is 5.11 Å². The Kier molecular flexibility index (Phi) is 4.51. The van der Waals surface area contributed by atoms with Gasteiger partial charge in [0.15, 0.2) is 0 Å². The highest BCUT2D eigenvalue weighted by molar-refractivity contribution is 9.10. The number of urea groups is 1. The molecule has 0 heterocycles. The van der Waals surface area contributed by atoms with Crippen LogP contribution in [0.15, 0.2) is 22.7 Å². The van der Waals surface area contributed by atoms with Crippen molar-refractivity contribution in [1.29, 1.82) is 0 Å². The van der Waals surface area contributed by atoms with Crippen molar-refractivity contribution in [1.82, 2.24) is 4.90 Å². The van der Waals surface area contributed by atoms with E-state index in [1.807, 2.05) is 13.0 Å². The maximum absolute atomic E-state index is 11.6. The summed E-state index contributed by atoms with van der Waals surface area (Å²) in [6, 6.07) is 4.98. The number of nitrogens with zero attached hydrogens (tertiary/aromatic N) is 1. The number of aryl methyl sites for hydroxylation is 1. The highest BCUT2D eigenvalue weighted by Crippen LogP contribution is 2.20. The molecular formula is C11H13BrN2O3. The highest BCUT2D eigenvalue weighted by atomic mass is 79.9. The molecule has 1 aromatic rings. The molecule has 2 N–H and O–H groups in total. The zero-order valence-electron chi connectivity index (χ0n) is 9.53. The average Bonchev–Trinajstić information content (AvgIpc) is 2.21. The van der Waals surface area contributed by atoms with Gasteiger partial charge in [-0.25, -0.2) is 4.79 Å². The molecule has 2 amide bonds. The molecule has 0 aromatic heterocycles. The lowest BCUT2D eigenvalue weighted by Gasteiger charge is -2.16. The fourth-order valence-electron chi connectivity index (χ4n) is 1.25. The van der Waals surface area contributed by atoms with E-state index in [0.717, 1.165) is 14.9 Å². The lowest BCUT2D eigenvalue weighted by atomic mass is 10.2. The topological polar surface area (TPSA) is 69.6 Å². The molecule has 0 radical (unpaired) electrons. The second-order valence-corrected chi connectivity index (χ2v) is 4.55. The first-order valence-corrected chi connectivity index (χ1v) is 5.69. The number of carbonyl (C=O) groups is 2. The zero-order chi connectivity index (χ0) is 13.0. The van der Waals surface area contributed by atoms with Crippen LogP contribution in [0.3, 0.4) is 0 Å². The van der Waals surface area contributed by atoms with E-state index in [1.54, 1.807) is 12.1 Å². The number of hydrogen-bond acceptors (Lipinski definition) is 2. The Balaban J connectivity index is 2.71. The van der Waals surface area contributed by atoms with E-state index in [-0.39, 0.29) is 6.54 Å². The van der Waals surface area contributed by atoms with Crippen molar-refractivity contribution >= 4 is 33.6 Å². The molecule has 0 saturated heterocycles. The number of benzene rings is 1. The normalized spacial score (nSPS) is 9.82. The summed E-state index contributed by atoms with van der Waals surface area (Å²) in [5.74, 6) is -1.05. The average molecular weight is 301 g/mol. The van der Waals surface area contributed by atoms with Crippen molar-refractivity contribution in [2.45, 2.75) is 6.92 Å². The summed E-state index contributed by atoms with van der Waals surface area (Å²) >= 11 is 3.32. The smallest absolute Gasteiger partial charge is 0.323 e. The molecule has 0 spiro atoms. The molecule has 0 fully saturated rings. The van der Waals surface area contributed by atoms with Crippen molar-refractivity contribution < 1.29 is 14.7 Å². The Morgan fingerprint density at radius 3 is 2.65 bits per heavy atom. The molecule has 0 saturated carbocycles. The number of aliphatic carboxylic acids is 1. The van der Waals surface area contributed by atoms with E-state index in [9.17, 15) is 9.59 Å². The van der Waals surface area contributed by atoms with Crippen LogP contribution < -0.4 is 5.32 Å². The van der Waals surface area contributed by atoms with E-state index in [2.05, 4.69) is 21.2 Å². The van der Waals surface area contributed by atoms with Gasteiger partial charge in [0, 0.05) is 17.2 Å². The van der Waals surface area contributed by atoms with Crippen molar-refractivity contribution in [3.8, 4) is 0 Å². The SMILES string of the molecule is Cc1cc(Br)ccc1NC(=O)N(C)CC(=O)O. The second kappa shape index (κ2) is 5.67. The van der Waals surface area contributed by atoms with E-state index < -0.39 is 12.0 Å². The van der Waals surface area contributed by atoms with Gasteiger partial charge >= 0.3 is 12.0 Å². The van der Waals surface area contributed by atoms with Gasteiger partial charge < -0.3 is 15.3 Å². The summed E-state index contributed by atoms with van der Waals surface area (Å²) in [5.41, 5.74) is 1.56. The summed E-state index contributed by atoms with van der Waals surface area (Å²) in [6.07, 6.45) is 0. The summed E-state index contributed by atoms with van der Waals surface area (Å²) in [5, 5.41) is 11.2. The van der Waals surface area contributed by atoms with Crippen LogP contribution in [0.5, 0.6) is 0 Å². The van der Waals surface area contributed by atoms with Crippen LogP contribution in [-0.2, 0) is 4.79 Å². The molecule has 1 aromatic carbocycles. The fraction of sp³-hybridized carbons (Fsp3) is 0.273. The van der Waals surface area contributed by atoms with Crippen molar-refractivity contribution in [3.63, 3.8) is 0 Å². The van der Waals surface area contributed by atoms with Crippen LogP contribution in [0.1, 0.15) is 5.56 Å².